The number of hydrogen-bond acceptors (Lipinski definition) is 4. The number of nitrogens with one attached hydrogen (secondary N) is 2. The number of aryl methyl sites for hydroxylation is 2. The highest BCUT2D eigenvalue weighted by Crippen LogP contribution is 2.20. The number of para-hydroxylation sites is 1. The van der Waals surface area contributed by atoms with Gasteiger partial charge < -0.3 is 15.4 Å². The zero-order valence-electron chi connectivity index (χ0n) is 15.9. The van der Waals surface area contributed by atoms with E-state index in [4.69, 9.17) is 16.3 Å². The second kappa shape index (κ2) is 10.5. The first-order valence-corrected chi connectivity index (χ1v) is 9.36. The van der Waals surface area contributed by atoms with Gasteiger partial charge in [-0.1, -0.05) is 42.8 Å². The highest BCUT2D eigenvalue weighted by atomic mass is 35.5. The minimum Gasteiger partial charge on any atom is -0.456 e. The average Bonchev–Trinajstić information content (AvgIpc) is 2.68. The van der Waals surface area contributed by atoms with Gasteiger partial charge in [0.2, 0.25) is 5.91 Å². The molecule has 0 aromatic heterocycles. The Morgan fingerprint density at radius 1 is 0.964 bits per heavy atom. The number of carbonyl (C=O) groups excluding carboxylic acids is 3. The summed E-state index contributed by atoms with van der Waals surface area (Å²) in [5.41, 5.74) is 3.15. The van der Waals surface area contributed by atoms with Crippen LogP contribution in [0.25, 0.3) is 0 Å². The van der Waals surface area contributed by atoms with Crippen LogP contribution in [0, 0.1) is 6.92 Å². The lowest BCUT2D eigenvalue weighted by Crippen LogP contribution is -2.22. The summed E-state index contributed by atoms with van der Waals surface area (Å²) in [6, 6.07) is 12.6. The van der Waals surface area contributed by atoms with Crippen molar-refractivity contribution in [2.24, 2.45) is 0 Å². The first-order chi connectivity index (χ1) is 13.4. The van der Waals surface area contributed by atoms with Crippen molar-refractivity contribution in [3.63, 3.8) is 0 Å². The Morgan fingerprint density at radius 3 is 2.43 bits per heavy atom. The molecule has 2 aromatic carbocycles. The molecule has 6 nitrogen and oxygen atoms in total. The minimum absolute atomic E-state index is 0.0219. The highest BCUT2D eigenvalue weighted by Gasteiger charge is 2.12. The van der Waals surface area contributed by atoms with Gasteiger partial charge in [0, 0.05) is 22.8 Å². The van der Waals surface area contributed by atoms with Crippen molar-refractivity contribution in [2.45, 2.75) is 33.1 Å². The van der Waals surface area contributed by atoms with Gasteiger partial charge in [-0.05, 0) is 42.7 Å². The number of halogens is 1. The molecule has 0 spiro atoms. The molecule has 0 aliphatic heterocycles. The second-order valence-electron chi connectivity index (χ2n) is 6.23. The van der Waals surface area contributed by atoms with E-state index in [1.54, 1.807) is 18.2 Å². The van der Waals surface area contributed by atoms with Crippen molar-refractivity contribution in [3.05, 3.63) is 58.6 Å². The van der Waals surface area contributed by atoms with Crippen LogP contribution in [0.2, 0.25) is 5.02 Å². The van der Waals surface area contributed by atoms with Crippen LogP contribution in [-0.2, 0) is 25.5 Å². The molecule has 0 saturated carbocycles. The van der Waals surface area contributed by atoms with Crippen molar-refractivity contribution in [3.8, 4) is 0 Å². The third kappa shape index (κ3) is 6.70. The molecule has 148 valence electrons. The molecule has 0 radical (unpaired) electrons. The Balaban J connectivity index is 1.74. The molecule has 2 amide bonds. The lowest BCUT2D eigenvalue weighted by atomic mass is 10.1. The van der Waals surface area contributed by atoms with Gasteiger partial charge in [-0.3, -0.25) is 14.4 Å². The molecule has 0 bridgehead atoms. The van der Waals surface area contributed by atoms with E-state index in [1.165, 1.54) is 0 Å². The van der Waals surface area contributed by atoms with Crippen LogP contribution in [0.5, 0.6) is 0 Å². The molecule has 0 heterocycles. The predicted molar refractivity (Wildman–Crippen MR) is 109 cm³/mol. The molecular weight excluding hydrogens is 380 g/mol. The highest BCUT2D eigenvalue weighted by molar-refractivity contribution is 6.31. The SMILES string of the molecule is CCc1ccccc1NC(=O)CCC(=O)OCC(=O)Nc1cc(Cl)ccc1C. The van der Waals surface area contributed by atoms with Crippen molar-refractivity contribution in [1.82, 2.24) is 0 Å². The van der Waals surface area contributed by atoms with E-state index >= 15 is 0 Å². The topological polar surface area (TPSA) is 84.5 Å². The number of benzene rings is 2. The maximum absolute atomic E-state index is 12.0. The number of carbonyl (C=O) groups is 3. The zero-order valence-corrected chi connectivity index (χ0v) is 16.6. The molecule has 0 fully saturated rings. The van der Waals surface area contributed by atoms with Crippen LogP contribution in [0.1, 0.15) is 30.9 Å². The zero-order chi connectivity index (χ0) is 20.5. The summed E-state index contributed by atoms with van der Waals surface area (Å²) in [5, 5.41) is 5.92. The molecule has 0 aliphatic rings. The maximum atomic E-state index is 12.0. The predicted octanol–water partition coefficient (Wildman–Crippen LogP) is 4.11. The monoisotopic (exact) mass is 402 g/mol. The summed E-state index contributed by atoms with van der Waals surface area (Å²) in [7, 11) is 0. The van der Waals surface area contributed by atoms with Gasteiger partial charge in [0.1, 0.15) is 0 Å². The van der Waals surface area contributed by atoms with Gasteiger partial charge in [-0.15, -0.1) is 0 Å². The van der Waals surface area contributed by atoms with E-state index < -0.39 is 18.5 Å². The third-order valence-corrected chi connectivity index (χ3v) is 4.30. The maximum Gasteiger partial charge on any atom is 0.306 e. The van der Waals surface area contributed by atoms with Gasteiger partial charge in [0.05, 0.1) is 6.42 Å². The van der Waals surface area contributed by atoms with Crippen LogP contribution >= 0.6 is 11.6 Å². The van der Waals surface area contributed by atoms with Crippen LogP contribution in [0.15, 0.2) is 42.5 Å². The lowest BCUT2D eigenvalue weighted by molar-refractivity contribution is -0.147. The lowest BCUT2D eigenvalue weighted by Gasteiger charge is -2.10. The number of rotatable bonds is 8. The van der Waals surface area contributed by atoms with E-state index in [9.17, 15) is 14.4 Å². The molecule has 7 heteroatoms. The van der Waals surface area contributed by atoms with Crippen molar-refractivity contribution in [1.29, 1.82) is 0 Å². The molecule has 0 aliphatic carbocycles. The summed E-state index contributed by atoms with van der Waals surface area (Å²) in [5.74, 6) is -1.37. The molecule has 28 heavy (non-hydrogen) atoms. The molecule has 2 rings (SSSR count). The van der Waals surface area contributed by atoms with Crippen LogP contribution in [0.3, 0.4) is 0 Å². The number of amides is 2. The third-order valence-electron chi connectivity index (χ3n) is 4.07. The van der Waals surface area contributed by atoms with Gasteiger partial charge in [0.25, 0.3) is 5.91 Å². The number of anilines is 2. The molecule has 2 aromatic rings. The normalized spacial score (nSPS) is 10.2. The first kappa shape index (κ1) is 21.4. The fourth-order valence-corrected chi connectivity index (χ4v) is 2.68. The Bertz CT molecular complexity index is 867. The van der Waals surface area contributed by atoms with Gasteiger partial charge in [-0.25, -0.2) is 0 Å². The van der Waals surface area contributed by atoms with Gasteiger partial charge in [-0.2, -0.15) is 0 Å². The number of ether oxygens (including phenoxy) is 1. The Kier molecular flexibility index (Phi) is 8.02. The molecule has 0 atom stereocenters. The quantitative estimate of drug-likeness (QED) is 0.651. The average molecular weight is 403 g/mol. The fraction of sp³-hybridized carbons (Fsp3) is 0.286. The summed E-state index contributed by atoms with van der Waals surface area (Å²) in [4.78, 5) is 35.7. The van der Waals surface area contributed by atoms with E-state index in [0.29, 0.717) is 10.7 Å². The number of hydrogen-bond donors (Lipinski definition) is 2. The van der Waals surface area contributed by atoms with Crippen molar-refractivity contribution >= 4 is 40.8 Å². The van der Waals surface area contributed by atoms with Gasteiger partial charge >= 0.3 is 5.97 Å². The van der Waals surface area contributed by atoms with Crippen molar-refractivity contribution < 1.29 is 19.1 Å². The smallest absolute Gasteiger partial charge is 0.306 e. The van der Waals surface area contributed by atoms with E-state index in [2.05, 4.69) is 10.6 Å². The Morgan fingerprint density at radius 2 is 1.68 bits per heavy atom. The molecule has 2 N–H and O–H groups in total. The number of esters is 1. The Hall–Kier alpha value is -2.86. The van der Waals surface area contributed by atoms with Crippen molar-refractivity contribution in [2.75, 3.05) is 17.2 Å². The first-order valence-electron chi connectivity index (χ1n) is 8.98. The standard InChI is InChI=1S/C21H23ClN2O4/c1-3-15-6-4-5-7-17(15)23-19(25)10-11-21(27)28-13-20(26)24-18-12-16(22)9-8-14(18)2/h4-9,12H,3,10-11,13H2,1-2H3,(H,23,25)(H,24,26). The van der Waals surface area contributed by atoms with Crippen LogP contribution in [0.4, 0.5) is 11.4 Å². The second-order valence-corrected chi connectivity index (χ2v) is 6.66. The minimum atomic E-state index is -0.614. The summed E-state index contributed by atoms with van der Waals surface area (Å²) in [6.07, 6.45) is 0.662. The Labute approximate surface area is 169 Å². The summed E-state index contributed by atoms with van der Waals surface area (Å²) < 4.78 is 4.93. The molecular formula is C21H23ClN2O4. The van der Waals surface area contributed by atoms with Crippen LogP contribution < -0.4 is 10.6 Å². The van der Waals surface area contributed by atoms with Crippen LogP contribution in [-0.4, -0.2) is 24.4 Å². The van der Waals surface area contributed by atoms with E-state index in [1.807, 2.05) is 38.1 Å². The molecule has 0 saturated heterocycles. The van der Waals surface area contributed by atoms with Gasteiger partial charge in [0.15, 0.2) is 6.61 Å². The van der Waals surface area contributed by atoms with E-state index in [0.717, 1.165) is 23.2 Å². The summed E-state index contributed by atoms with van der Waals surface area (Å²) in [6.45, 7) is 3.40. The van der Waals surface area contributed by atoms with E-state index in [-0.39, 0.29) is 18.7 Å². The summed E-state index contributed by atoms with van der Waals surface area (Å²) >= 11 is 5.90. The largest absolute Gasteiger partial charge is 0.456 e. The fourth-order valence-electron chi connectivity index (χ4n) is 2.51. The molecule has 0 unspecified atom stereocenters.